The van der Waals surface area contributed by atoms with Crippen molar-refractivity contribution in [3.63, 3.8) is 0 Å². The van der Waals surface area contributed by atoms with Crippen molar-refractivity contribution in [3.8, 4) is 11.5 Å². The topological polar surface area (TPSA) is 73.6 Å². The summed E-state index contributed by atoms with van der Waals surface area (Å²) in [6.07, 6.45) is -25.8. The predicted octanol–water partition coefficient (Wildman–Crippen LogP) is 10.0. The van der Waals surface area contributed by atoms with Crippen LogP contribution in [0.5, 0.6) is 11.5 Å². The zero-order chi connectivity index (χ0) is 37.3. The molecule has 0 aromatic heterocycles. The molecule has 2 aromatic rings. The Morgan fingerprint density at radius 3 is 1.28 bits per heavy atom. The Kier molecular flexibility index (Phi) is 12.4. The number of halogens is 20. The summed E-state index contributed by atoms with van der Waals surface area (Å²) in [4.78, 5) is 11.0. The van der Waals surface area contributed by atoms with Gasteiger partial charge < -0.3 is 20.5 Å². The number of carbonyl (C=O) groups excluding carboxylic acids is 1. The van der Waals surface area contributed by atoms with Crippen molar-refractivity contribution in [1.29, 1.82) is 0 Å². The van der Waals surface area contributed by atoms with Gasteiger partial charge in [0.25, 0.3) is 0 Å². The number of alkyl halides is 18. The number of nitrogens with two attached hydrogens (primary N) is 1. The molecular formula is C22H12Cl2F18N2O3. The van der Waals surface area contributed by atoms with Crippen molar-refractivity contribution < 1.29 is 93.3 Å². The second kappa shape index (κ2) is 14.0. The molecule has 2 aromatic carbocycles. The Morgan fingerprint density at radius 2 is 0.957 bits per heavy atom. The monoisotopic (exact) mass is 764 g/mol. The lowest BCUT2D eigenvalue weighted by atomic mass is 9.93. The minimum atomic E-state index is -6.48. The first kappa shape index (κ1) is 41.7. The lowest BCUT2D eigenvalue weighted by Crippen LogP contribution is -2.50. The highest BCUT2D eigenvalue weighted by Crippen LogP contribution is 2.56. The van der Waals surface area contributed by atoms with Gasteiger partial charge in [0.05, 0.1) is 15.7 Å². The molecule has 0 heterocycles. The maximum atomic E-state index is 14.0. The van der Waals surface area contributed by atoms with Crippen molar-refractivity contribution in [2.45, 2.75) is 56.2 Å². The summed E-state index contributed by atoms with van der Waals surface area (Å²) < 4.78 is 236. The highest BCUT2D eigenvalue weighted by molar-refractivity contribution is 6.34. The van der Waals surface area contributed by atoms with E-state index in [9.17, 15) is 83.8 Å². The number of carbonyl (C=O) groups is 1. The summed E-state index contributed by atoms with van der Waals surface area (Å²) in [5, 5.41) is -0.292. The first-order valence-corrected chi connectivity index (χ1v) is 11.8. The van der Waals surface area contributed by atoms with Gasteiger partial charge in [-0.25, -0.2) is 8.78 Å². The minimum Gasteiger partial charge on any atom is -0.433 e. The van der Waals surface area contributed by atoms with Crippen molar-refractivity contribution in [2.24, 2.45) is 0 Å². The standard InChI is InChI=1S/C12H7ClF9NO2.C10H5ClF9NO/c1-4(24)23-8-6(13)2-5(3-7(8)25-9(14)15)10(16,11(17,18)19)12(20,21)22;11-4-1-3(2-5(6(4)21)22-7(12)13)8(14,9(15,16)17)10(18,19)20/h2-3,9H,1H3,(H,23,24);1-2,7H,21H2. The average molecular weight is 765 g/mol. The number of rotatable bonds is 7. The number of amides is 1. The van der Waals surface area contributed by atoms with Gasteiger partial charge in [-0.1, -0.05) is 23.2 Å². The number of nitrogens with one attached hydrogen (secondary N) is 1. The van der Waals surface area contributed by atoms with Crippen LogP contribution in [0.15, 0.2) is 24.3 Å². The van der Waals surface area contributed by atoms with E-state index in [-0.39, 0.29) is 24.3 Å². The van der Waals surface area contributed by atoms with Gasteiger partial charge in [-0.05, 0) is 24.3 Å². The van der Waals surface area contributed by atoms with Crippen LogP contribution in [0.3, 0.4) is 0 Å². The van der Waals surface area contributed by atoms with Gasteiger partial charge in [-0.15, -0.1) is 0 Å². The van der Waals surface area contributed by atoms with E-state index >= 15 is 0 Å². The smallest absolute Gasteiger partial charge is 0.433 e. The summed E-state index contributed by atoms with van der Waals surface area (Å²) >= 11 is 10.7. The van der Waals surface area contributed by atoms with Gasteiger partial charge in [0.2, 0.25) is 5.91 Å². The van der Waals surface area contributed by atoms with E-state index in [0.717, 1.165) is 6.92 Å². The van der Waals surface area contributed by atoms with Crippen LogP contribution in [-0.2, 0) is 16.1 Å². The molecule has 0 aliphatic heterocycles. The lowest BCUT2D eigenvalue weighted by molar-refractivity contribution is -0.349. The highest BCUT2D eigenvalue weighted by Gasteiger charge is 2.74. The molecule has 25 heteroatoms. The molecule has 0 aliphatic carbocycles. The second-order valence-corrected chi connectivity index (χ2v) is 9.26. The van der Waals surface area contributed by atoms with Crippen molar-refractivity contribution in [1.82, 2.24) is 0 Å². The molecule has 0 radical (unpaired) electrons. The Morgan fingerprint density at radius 1 is 0.638 bits per heavy atom. The van der Waals surface area contributed by atoms with E-state index in [0.29, 0.717) is 0 Å². The summed E-state index contributed by atoms with van der Waals surface area (Å²) in [5.74, 6) is -3.64. The van der Waals surface area contributed by atoms with Gasteiger partial charge in [0.15, 0.2) is 11.5 Å². The van der Waals surface area contributed by atoms with Gasteiger partial charge in [-0.3, -0.25) is 4.79 Å². The molecule has 0 aliphatic rings. The Bertz CT molecular complexity index is 1400. The van der Waals surface area contributed by atoms with Crippen LogP contribution < -0.4 is 20.5 Å². The normalized spacial score (nSPS) is 13.3. The molecule has 0 saturated carbocycles. The quantitative estimate of drug-likeness (QED) is 0.218. The van der Waals surface area contributed by atoms with Crippen LogP contribution in [0.1, 0.15) is 18.1 Å². The molecule has 268 valence electrons. The molecule has 2 rings (SSSR count). The minimum absolute atomic E-state index is 0.0593. The van der Waals surface area contributed by atoms with E-state index in [1.54, 1.807) is 5.32 Å². The molecule has 0 saturated heterocycles. The first-order valence-electron chi connectivity index (χ1n) is 11.1. The van der Waals surface area contributed by atoms with Gasteiger partial charge in [0, 0.05) is 18.1 Å². The van der Waals surface area contributed by atoms with E-state index in [2.05, 4.69) is 9.47 Å². The highest BCUT2D eigenvalue weighted by atomic mass is 35.5. The van der Waals surface area contributed by atoms with Crippen LogP contribution in [0, 0.1) is 0 Å². The van der Waals surface area contributed by atoms with Crippen molar-refractivity contribution >= 4 is 40.5 Å². The molecule has 1 amide bonds. The number of hydrogen-bond acceptors (Lipinski definition) is 4. The molecule has 0 spiro atoms. The molecule has 5 nitrogen and oxygen atoms in total. The number of anilines is 2. The van der Waals surface area contributed by atoms with E-state index in [1.807, 2.05) is 0 Å². The van der Waals surface area contributed by atoms with Crippen LogP contribution in [0.2, 0.25) is 10.0 Å². The summed E-state index contributed by atoms with van der Waals surface area (Å²) in [7, 11) is 0. The maximum Gasteiger partial charge on any atom is 0.435 e. The molecule has 0 atom stereocenters. The van der Waals surface area contributed by atoms with Gasteiger partial charge >= 0.3 is 49.3 Å². The number of hydrogen-bond donors (Lipinski definition) is 2. The third-order valence-electron chi connectivity index (χ3n) is 5.24. The molecule has 3 N–H and O–H groups in total. The van der Waals surface area contributed by atoms with Crippen LogP contribution in [-0.4, -0.2) is 43.8 Å². The summed E-state index contributed by atoms with van der Waals surface area (Å²) in [6.45, 7) is -6.48. The number of benzene rings is 2. The largest absolute Gasteiger partial charge is 0.435 e. The van der Waals surface area contributed by atoms with Crippen LogP contribution >= 0.6 is 23.2 Å². The van der Waals surface area contributed by atoms with Gasteiger partial charge in [-0.2, -0.15) is 70.2 Å². The Balaban J connectivity index is 0.000000474. The van der Waals surface area contributed by atoms with Crippen molar-refractivity contribution in [2.75, 3.05) is 11.1 Å². The lowest BCUT2D eigenvalue weighted by Gasteiger charge is -2.31. The van der Waals surface area contributed by atoms with E-state index in [1.165, 1.54) is 0 Å². The average Bonchev–Trinajstić information content (AvgIpc) is 2.84. The van der Waals surface area contributed by atoms with E-state index in [4.69, 9.17) is 28.9 Å². The fraction of sp³-hybridized carbons (Fsp3) is 0.409. The third-order valence-corrected chi connectivity index (χ3v) is 5.85. The Hall–Kier alpha value is -3.37. The summed E-state index contributed by atoms with van der Waals surface area (Å²) in [6, 6.07) is -0.638. The molecular weight excluding hydrogens is 753 g/mol. The molecule has 47 heavy (non-hydrogen) atoms. The third kappa shape index (κ3) is 8.96. The maximum absolute atomic E-state index is 14.0. The Labute approximate surface area is 258 Å². The van der Waals surface area contributed by atoms with Crippen molar-refractivity contribution in [3.05, 3.63) is 45.4 Å². The van der Waals surface area contributed by atoms with Crippen LogP contribution in [0.4, 0.5) is 90.4 Å². The molecule has 0 bridgehead atoms. The first-order chi connectivity index (χ1) is 20.8. The molecule has 0 unspecified atom stereocenters. The van der Waals surface area contributed by atoms with E-state index < -0.39 is 99.2 Å². The zero-order valence-electron chi connectivity index (χ0n) is 21.8. The molecule has 0 fully saturated rings. The second-order valence-electron chi connectivity index (χ2n) is 8.45. The van der Waals surface area contributed by atoms with Crippen LogP contribution in [0.25, 0.3) is 0 Å². The predicted molar refractivity (Wildman–Crippen MR) is 125 cm³/mol. The van der Waals surface area contributed by atoms with Gasteiger partial charge in [0.1, 0.15) is 5.69 Å². The fourth-order valence-corrected chi connectivity index (χ4v) is 3.70. The SMILES string of the molecule is CC(=O)Nc1c(Cl)cc(C(F)(C(F)(F)F)C(F)(F)F)cc1OC(F)F.Nc1c(Cl)cc(C(F)(C(F)(F)F)C(F)(F)F)cc1OC(F)F. The number of nitrogen functional groups attached to an aromatic ring is 1. The fourth-order valence-electron chi connectivity index (χ4n) is 3.23. The number of ether oxygens (including phenoxy) is 2. The summed E-state index contributed by atoms with van der Waals surface area (Å²) in [5.41, 5.74) is -12.6. The zero-order valence-corrected chi connectivity index (χ0v) is 23.3.